The molecule has 0 radical (unpaired) electrons. The Bertz CT molecular complexity index is 887. The molecule has 2 aromatic carbocycles. The third kappa shape index (κ3) is 4.70. The van der Waals surface area contributed by atoms with E-state index in [0.717, 1.165) is 5.56 Å². The van der Waals surface area contributed by atoms with Crippen molar-refractivity contribution in [2.24, 2.45) is 5.73 Å². The van der Waals surface area contributed by atoms with E-state index in [1.54, 1.807) is 41.3 Å². The number of nitrogens with zero attached hydrogens (tertiary/aromatic N) is 1. The van der Waals surface area contributed by atoms with Gasteiger partial charge in [0.15, 0.2) is 11.5 Å². The molecular weight excluding hydrogens is 397 g/mol. The summed E-state index contributed by atoms with van der Waals surface area (Å²) >= 11 is 0. The van der Waals surface area contributed by atoms with Crippen molar-refractivity contribution in [3.8, 4) is 11.5 Å². The molecule has 162 valence electrons. The maximum absolute atomic E-state index is 13.1. The molecule has 1 aliphatic heterocycles. The monoisotopic (exact) mass is 422 g/mol. The average molecular weight is 422 g/mol. The van der Waals surface area contributed by atoms with E-state index in [1.165, 1.54) is 14.2 Å². The number of methoxy groups -OCH3 is 2. The Balaban J connectivity index is 2.07. The summed E-state index contributed by atoms with van der Waals surface area (Å²) < 4.78 is 50.0. The van der Waals surface area contributed by atoms with E-state index in [0.29, 0.717) is 35.6 Å². The lowest BCUT2D eigenvalue weighted by Gasteiger charge is -2.41. The first-order valence-corrected chi connectivity index (χ1v) is 9.66. The fourth-order valence-corrected chi connectivity index (χ4v) is 4.13. The highest BCUT2D eigenvalue weighted by atomic mass is 19.4. The van der Waals surface area contributed by atoms with Crippen LogP contribution in [0.4, 0.5) is 13.2 Å². The largest absolute Gasteiger partial charge is 0.493 e. The zero-order valence-electron chi connectivity index (χ0n) is 16.9. The van der Waals surface area contributed by atoms with E-state index >= 15 is 0 Å². The molecule has 0 fully saturated rings. The van der Waals surface area contributed by atoms with Crippen molar-refractivity contribution in [2.75, 3.05) is 20.8 Å². The molecule has 3 rings (SSSR count). The van der Waals surface area contributed by atoms with Crippen molar-refractivity contribution >= 4 is 5.91 Å². The Hall–Kier alpha value is -2.74. The molecule has 2 unspecified atom stereocenters. The molecule has 0 saturated heterocycles. The topological polar surface area (TPSA) is 64.8 Å². The van der Waals surface area contributed by atoms with Gasteiger partial charge in [-0.1, -0.05) is 30.3 Å². The van der Waals surface area contributed by atoms with E-state index in [9.17, 15) is 18.0 Å². The second-order valence-corrected chi connectivity index (χ2v) is 7.28. The molecule has 2 aromatic rings. The zero-order valence-corrected chi connectivity index (χ0v) is 16.9. The second-order valence-electron chi connectivity index (χ2n) is 7.28. The number of rotatable bonds is 7. The fourth-order valence-electron chi connectivity index (χ4n) is 4.13. The summed E-state index contributed by atoms with van der Waals surface area (Å²) in [6.07, 6.45) is -4.92. The van der Waals surface area contributed by atoms with Gasteiger partial charge in [-0.05, 0) is 41.7 Å². The second kappa shape index (κ2) is 8.95. The Labute approximate surface area is 173 Å². The number of halogens is 3. The number of hydrogen-bond donors (Lipinski definition) is 1. The van der Waals surface area contributed by atoms with Crippen molar-refractivity contribution in [1.82, 2.24) is 4.90 Å². The number of benzene rings is 2. The summed E-state index contributed by atoms with van der Waals surface area (Å²) in [4.78, 5) is 14.2. The SMILES string of the molecule is COc1cc2c(cc1OC)C(CCC(F)(F)F)N(C(C(N)=O)c1ccccc1)CC2. The molecular formula is C22H25F3N2O3. The number of primary amides is 1. The number of fused-ring (bicyclic) bond motifs is 1. The van der Waals surface area contributed by atoms with Gasteiger partial charge in [0.2, 0.25) is 5.91 Å². The number of amides is 1. The van der Waals surface area contributed by atoms with E-state index in [2.05, 4.69) is 0 Å². The summed E-state index contributed by atoms with van der Waals surface area (Å²) in [5.74, 6) is 0.362. The molecule has 1 heterocycles. The first-order valence-electron chi connectivity index (χ1n) is 9.66. The molecule has 0 aliphatic carbocycles. The summed E-state index contributed by atoms with van der Waals surface area (Å²) in [6, 6.07) is 10.9. The lowest BCUT2D eigenvalue weighted by Crippen LogP contribution is -2.44. The van der Waals surface area contributed by atoms with Gasteiger partial charge in [0.05, 0.1) is 14.2 Å². The molecule has 8 heteroatoms. The van der Waals surface area contributed by atoms with Gasteiger partial charge >= 0.3 is 6.18 Å². The highest BCUT2D eigenvalue weighted by molar-refractivity contribution is 5.81. The van der Waals surface area contributed by atoms with Gasteiger partial charge in [-0.3, -0.25) is 9.69 Å². The minimum atomic E-state index is -4.31. The van der Waals surface area contributed by atoms with Crippen LogP contribution in [-0.4, -0.2) is 37.7 Å². The van der Waals surface area contributed by atoms with Gasteiger partial charge in [-0.15, -0.1) is 0 Å². The summed E-state index contributed by atoms with van der Waals surface area (Å²) in [6.45, 7) is 0.396. The van der Waals surface area contributed by atoms with Crippen molar-refractivity contribution < 1.29 is 27.4 Å². The van der Waals surface area contributed by atoms with E-state index < -0.39 is 30.6 Å². The highest BCUT2D eigenvalue weighted by Gasteiger charge is 2.39. The lowest BCUT2D eigenvalue weighted by molar-refractivity contribution is -0.140. The van der Waals surface area contributed by atoms with Gasteiger partial charge in [0.1, 0.15) is 6.04 Å². The smallest absolute Gasteiger partial charge is 0.389 e. The van der Waals surface area contributed by atoms with Crippen molar-refractivity contribution in [3.05, 3.63) is 59.2 Å². The van der Waals surface area contributed by atoms with Gasteiger partial charge in [0, 0.05) is 19.0 Å². The molecule has 1 amide bonds. The van der Waals surface area contributed by atoms with Crippen LogP contribution in [0.1, 0.15) is 41.6 Å². The number of alkyl halides is 3. The molecule has 2 N–H and O–H groups in total. The summed E-state index contributed by atoms with van der Waals surface area (Å²) in [5.41, 5.74) is 7.96. The minimum Gasteiger partial charge on any atom is -0.493 e. The maximum atomic E-state index is 13.1. The Morgan fingerprint density at radius 2 is 1.80 bits per heavy atom. The molecule has 0 saturated carbocycles. The normalized spacial score (nSPS) is 17.8. The Morgan fingerprint density at radius 3 is 2.37 bits per heavy atom. The fraction of sp³-hybridized carbons (Fsp3) is 0.409. The number of hydrogen-bond acceptors (Lipinski definition) is 4. The first-order chi connectivity index (χ1) is 14.2. The van der Waals surface area contributed by atoms with Crippen LogP contribution in [0.25, 0.3) is 0 Å². The molecule has 2 atom stereocenters. The zero-order chi connectivity index (χ0) is 21.9. The van der Waals surface area contributed by atoms with Crippen LogP contribution in [0.3, 0.4) is 0 Å². The standard InChI is InChI=1S/C22H25F3N2O3/c1-29-18-12-15-9-11-27(20(21(26)28)14-6-4-3-5-7-14)17(8-10-22(23,24)25)16(15)13-19(18)30-2/h3-7,12-13,17,20H,8-11H2,1-2H3,(H2,26,28). The Kier molecular flexibility index (Phi) is 6.55. The van der Waals surface area contributed by atoms with Crippen LogP contribution < -0.4 is 15.2 Å². The molecule has 0 aromatic heterocycles. The van der Waals surface area contributed by atoms with Crippen LogP contribution in [0, 0.1) is 0 Å². The van der Waals surface area contributed by atoms with Gasteiger partial charge in [0.25, 0.3) is 0 Å². The van der Waals surface area contributed by atoms with Crippen LogP contribution in [-0.2, 0) is 11.2 Å². The number of carbonyl (C=O) groups is 1. The van der Waals surface area contributed by atoms with Crippen LogP contribution in [0.15, 0.2) is 42.5 Å². The predicted octanol–water partition coefficient (Wildman–Crippen LogP) is 4.17. The van der Waals surface area contributed by atoms with Crippen LogP contribution >= 0.6 is 0 Å². The van der Waals surface area contributed by atoms with Crippen molar-refractivity contribution in [3.63, 3.8) is 0 Å². The highest BCUT2D eigenvalue weighted by Crippen LogP contribution is 2.44. The van der Waals surface area contributed by atoms with E-state index in [1.807, 2.05) is 6.07 Å². The van der Waals surface area contributed by atoms with E-state index in [-0.39, 0.29) is 6.42 Å². The third-order valence-electron chi connectivity index (χ3n) is 5.46. The molecule has 5 nitrogen and oxygen atoms in total. The first kappa shape index (κ1) is 22.0. The summed E-state index contributed by atoms with van der Waals surface area (Å²) in [7, 11) is 2.99. The van der Waals surface area contributed by atoms with Crippen molar-refractivity contribution in [2.45, 2.75) is 37.5 Å². The maximum Gasteiger partial charge on any atom is 0.389 e. The van der Waals surface area contributed by atoms with Gasteiger partial charge < -0.3 is 15.2 Å². The predicted molar refractivity (Wildman–Crippen MR) is 106 cm³/mol. The molecule has 0 spiro atoms. The third-order valence-corrected chi connectivity index (χ3v) is 5.46. The number of nitrogens with two attached hydrogens (primary N) is 1. The van der Waals surface area contributed by atoms with Crippen LogP contribution in [0.2, 0.25) is 0 Å². The molecule has 30 heavy (non-hydrogen) atoms. The number of carbonyl (C=O) groups excluding carboxylic acids is 1. The van der Waals surface area contributed by atoms with Gasteiger partial charge in [-0.2, -0.15) is 13.2 Å². The van der Waals surface area contributed by atoms with Gasteiger partial charge in [-0.25, -0.2) is 0 Å². The molecule has 0 bridgehead atoms. The van der Waals surface area contributed by atoms with Crippen molar-refractivity contribution in [1.29, 1.82) is 0 Å². The minimum absolute atomic E-state index is 0.192. The summed E-state index contributed by atoms with van der Waals surface area (Å²) in [5, 5.41) is 0. The Morgan fingerprint density at radius 1 is 1.17 bits per heavy atom. The quantitative estimate of drug-likeness (QED) is 0.727. The molecule has 1 aliphatic rings. The average Bonchev–Trinajstić information content (AvgIpc) is 2.71. The van der Waals surface area contributed by atoms with E-state index in [4.69, 9.17) is 15.2 Å². The number of ether oxygens (including phenoxy) is 2. The van der Waals surface area contributed by atoms with Crippen LogP contribution in [0.5, 0.6) is 11.5 Å². The lowest BCUT2D eigenvalue weighted by atomic mass is 9.87.